The molecule has 0 bridgehead atoms. The molecule has 2 heterocycles. The van der Waals surface area contributed by atoms with E-state index in [4.69, 9.17) is 9.97 Å². The fourth-order valence-corrected chi connectivity index (χ4v) is 8.29. The van der Waals surface area contributed by atoms with Gasteiger partial charge in [-0.15, -0.1) is 59.7 Å². The molecule has 0 amide bonds. The molecule has 2 aromatic heterocycles. The summed E-state index contributed by atoms with van der Waals surface area (Å²) >= 11 is 0. The third kappa shape index (κ3) is 9.53. The number of aryl methyl sites for hydroxylation is 5. The molecule has 64 heavy (non-hydrogen) atoms. The zero-order chi connectivity index (χ0) is 44.4. The van der Waals surface area contributed by atoms with Gasteiger partial charge in [0, 0.05) is 43.5 Å². The van der Waals surface area contributed by atoms with Crippen LogP contribution in [0.15, 0.2) is 151 Å². The van der Waals surface area contributed by atoms with Crippen molar-refractivity contribution in [3.8, 4) is 78.1 Å². The molecule has 1 N–H and O–H groups in total. The fraction of sp³-hybridized carbons (Fsp3) is 0.169. The number of hydrogen-bond acceptors (Lipinski definition) is 4. The normalized spacial score (nSPS) is 11.5. The van der Waals surface area contributed by atoms with Gasteiger partial charge in [-0.1, -0.05) is 118 Å². The maximum absolute atomic E-state index is 13.1. The van der Waals surface area contributed by atoms with Crippen molar-refractivity contribution in [2.45, 2.75) is 68.2 Å². The van der Waals surface area contributed by atoms with Crippen molar-refractivity contribution >= 4 is 5.78 Å². The van der Waals surface area contributed by atoms with Crippen molar-refractivity contribution in [3.05, 3.63) is 202 Å². The van der Waals surface area contributed by atoms with E-state index in [1.807, 2.05) is 6.07 Å². The molecule has 0 saturated heterocycles. The number of aliphatic hydroxyl groups excluding tert-OH is 1. The number of ketones is 1. The van der Waals surface area contributed by atoms with E-state index in [-0.39, 0.29) is 31.6 Å². The molecule has 5 heteroatoms. The summed E-state index contributed by atoms with van der Waals surface area (Å²) < 4.78 is 0. The van der Waals surface area contributed by atoms with Gasteiger partial charge in [-0.3, -0.25) is 4.79 Å². The monoisotopic (exact) mass is 1010 g/mol. The second-order valence-electron chi connectivity index (χ2n) is 16.7. The van der Waals surface area contributed by atoms with Gasteiger partial charge in [0.1, 0.15) is 0 Å². The van der Waals surface area contributed by atoms with Crippen LogP contribution in [0.3, 0.4) is 0 Å². The van der Waals surface area contributed by atoms with Crippen LogP contribution in [0.1, 0.15) is 59.5 Å². The minimum atomic E-state index is -0.0559. The first-order valence-corrected chi connectivity index (χ1v) is 21.6. The molecule has 1 radical (unpaired) electrons. The van der Waals surface area contributed by atoms with Crippen molar-refractivity contribution in [1.29, 1.82) is 0 Å². The molecule has 321 valence electrons. The van der Waals surface area contributed by atoms with Gasteiger partial charge in [-0.25, -0.2) is 0 Å². The number of carbonyl (C=O) groups excluding carboxylic acids is 1. The third-order valence-electron chi connectivity index (χ3n) is 12.7. The Morgan fingerprint density at radius 2 is 0.906 bits per heavy atom. The molecule has 0 saturated carbocycles. The largest absolute Gasteiger partial charge is 0.512 e. The molecule has 4 nitrogen and oxygen atoms in total. The van der Waals surface area contributed by atoms with E-state index >= 15 is 0 Å². The number of benzene rings is 6. The third-order valence-corrected chi connectivity index (χ3v) is 12.7. The molecule has 8 rings (SSSR count). The van der Waals surface area contributed by atoms with Crippen molar-refractivity contribution < 1.29 is 30.0 Å². The van der Waals surface area contributed by atoms with E-state index in [1.165, 1.54) is 22.3 Å². The first kappa shape index (κ1) is 45.5. The second kappa shape index (κ2) is 19.5. The average molecular weight is 1010 g/mol. The molecule has 0 aliphatic rings. The van der Waals surface area contributed by atoms with Gasteiger partial charge in [-0.2, -0.15) is 0 Å². The van der Waals surface area contributed by atoms with Crippen molar-refractivity contribution in [2.24, 2.45) is 0 Å². The van der Waals surface area contributed by atoms with Gasteiger partial charge >= 0.3 is 0 Å². The standard InChI is InChI=1S/C59H52N2O2.Ir/c1-36-31-57(60-41(6)38(36)3)47-25-21-45(22-26-47)53-17-11-13-19-55(53)50-33-49(52-16-10-9-15-44(52)29-30-59(63)40(5)43(8)62)34-51(35-50)56-20-14-12-18-54(56)46-23-27-48(28-24-46)58-32-37(2)39(4)42(7)61-58;/h9-25,27,31-35,62H,29-30H2,1-8H3;/q-2;/b43-40-;. The SMILES string of the molecule is C/C(O)=C(\C)C(=O)CCc1ccccc1-c1cc(-c2ccccc2-c2c[c-]c(-c3cc(C)c(C)c(C)n3)cc2)cc(-c2ccccc2-c2c[c-]c(-c3cc(C)c(C)c(C)n3)cc2)c1.[Ir]. The van der Waals surface area contributed by atoms with Gasteiger partial charge in [0.15, 0.2) is 5.78 Å². The van der Waals surface area contributed by atoms with Crippen LogP contribution < -0.4 is 0 Å². The van der Waals surface area contributed by atoms with Crippen LogP contribution >= 0.6 is 0 Å². The number of Topliss-reactive ketones (excluding diaryl/α,β-unsaturated/α-hetero) is 1. The van der Waals surface area contributed by atoms with Crippen molar-refractivity contribution in [2.75, 3.05) is 0 Å². The minimum Gasteiger partial charge on any atom is -0.512 e. The molecule has 0 unspecified atom stereocenters. The smallest absolute Gasteiger partial charge is 0.162 e. The molecule has 0 spiro atoms. The maximum atomic E-state index is 13.1. The van der Waals surface area contributed by atoms with Gasteiger partial charge < -0.3 is 15.1 Å². The second-order valence-corrected chi connectivity index (χ2v) is 16.7. The predicted octanol–water partition coefficient (Wildman–Crippen LogP) is 14.9. The number of pyridine rings is 2. The Morgan fingerprint density at radius 3 is 1.30 bits per heavy atom. The summed E-state index contributed by atoms with van der Waals surface area (Å²) in [4.78, 5) is 22.9. The Kier molecular flexibility index (Phi) is 13.8. The zero-order valence-corrected chi connectivity index (χ0v) is 40.2. The number of rotatable bonds is 11. The summed E-state index contributed by atoms with van der Waals surface area (Å²) in [5.74, 6) is 0.0102. The summed E-state index contributed by atoms with van der Waals surface area (Å²) in [5.41, 5.74) is 23.0. The summed E-state index contributed by atoms with van der Waals surface area (Å²) in [7, 11) is 0. The van der Waals surface area contributed by atoms with Gasteiger partial charge in [0.05, 0.1) is 5.76 Å². The minimum absolute atomic E-state index is 0. The van der Waals surface area contributed by atoms with Crippen LogP contribution in [0.25, 0.3) is 78.1 Å². The van der Waals surface area contributed by atoms with E-state index in [0.29, 0.717) is 18.4 Å². The van der Waals surface area contributed by atoms with Crippen LogP contribution in [0.4, 0.5) is 0 Å². The van der Waals surface area contributed by atoms with Gasteiger partial charge in [0.2, 0.25) is 0 Å². The zero-order valence-electron chi connectivity index (χ0n) is 37.8. The number of carbonyl (C=O) groups is 1. The Balaban J connectivity index is 0.00000612. The molecule has 0 aliphatic heterocycles. The Labute approximate surface area is 392 Å². The Morgan fingerprint density at radius 1 is 0.516 bits per heavy atom. The van der Waals surface area contributed by atoms with Crippen LogP contribution in [-0.2, 0) is 31.3 Å². The van der Waals surface area contributed by atoms with E-state index < -0.39 is 0 Å². The number of nitrogens with zero attached hydrogens (tertiary/aromatic N) is 2. The van der Waals surface area contributed by atoms with Crippen LogP contribution in [0.5, 0.6) is 0 Å². The summed E-state index contributed by atoms with van der Waals surface area (Å²) in [6.45, 7) is 15.9. The predicted molar refractivity (Wildman–Crippen MR) is 261 cm³/mol. The molecule has 0 fully saturated rings. The topological polar surface area (TPSA) is 63.1 Å². The van der Waals surface area contributed by atoms with E-state index in [9.17, 15) is 9.90 Å². The molecular formula is C59H52IrN2O2-2. The molecule has 6 aromatic carbocycles. The van der Waals surface area contributed by atoms with Crippen LogP contribution in [-0.4, -0.2) is 20.9 Å². The molecule has 0 aliphatic carbocycles. The van der Waals surface area contributed by atoms with E-state index in [1.54, 1.807) is 13.8 Å². The molecule has 8 aromatic rings. The summed E-state index contributed by atoms with van der Waals surface area (Å²) in [5, 5.41) is 10.0. The van der Waals surface area contributed by atoms with E-state index in [2.05, 4.69) is 187 Å². The van der Waals surface area contributed by atoms with Gasteiger partial charge in [0.25, 0.3) is 0 Å². The average Bonchev–Trinajstić information content (AvgIpc) is 3.31. The number of hydrogen-bond donors (Lipinski definition) is 1. The van der Waals surface area contributed by atoms with Gasteiger partial charge in [-0.05, 0) is 141 Å². The first-order valence-electron chi connectivity index (χ1n) is 21.6. The summed E-state index contributed by atoms with van der Waals surface area (Å²) in [6, 6.07) is 56.4. The number of aromatic nitrogens is 2. The molecule has 0 atom stereocenters. The number of aliphatic hydroxyl groups is 1. The van der Waals surface area contributed by atoms with Crippen LogP contribution in [0, 0.1) is 53.7 Å². The quantitative estimate of drug-likeness (QED) is 0.0797. The Hall–Kier alpha value is -6.52. The maximum Gasteiger partial charge on any atom is 0.162 e. The first-order chi connectivity index (χ1) is 30.4. The van der Waals surface area contributed by atoms with Crippen molar-refractivity contribution in [1.82, 2.24) is 9.97 Å². The number of allylic oxidation sites excluding steroid dienone is 2. The fourth-order valence-electron chi connectivity index (χ4n) is 8.29. The molecular weight excluding hydrogens is 961 g/mol. The van der Waals surface area contributed by atoms with E-state index in [0.717, 1.165) is 95.1 Å². The summed E-state index contributed by atoms with van der Waals surface area (Å²) in [6.07, 6.45) is 0.840. The Bertz CT molecular complexity index is 2840. The van der Waals surface area contributed by atoms with Crippen LogP contribution in [0.2, 0.25) is 0 Å². The van der Waals surface area contributed by atoms with Crippen molar-refractivity contribution in [3.63, 3.8) is 0 Å².